The molecule has 8 heteroatoms. The van der Waals surface area contributed by atoms with E-state index < -0.39 is 21.7 Å². The maximum atomic E-state index is 13.6. The lowest BCUT2D eigenvalue weighted by Gasteiger charge is -2.16. The topological polar surface area (TPSA) is 86.7 Å². The molecule has 0 aliphatic carbocycles. The molecule has 2 N–H and O–H groups in total. The smallest absolute Gasteiger partial charge is 0.243 e. The molecule has 0 spiro atoms. The lowest BCUT2D eigenvalue weighted by atomic mass is 10.1. The molecule has 1 amide bonds. The van der Waals surface area contributed by atoms with E-state index in [1.165, 1.54) is 40.7 Å². The normalized spacial score (nSPS) is 15.1. The van der Waals surface area contributed by atoms with Crippen molar-refractivity contribution in [2.24, 2.45) is 0 Å². The van der Waals surface area contributed by atoms with Gasteiger partial charge in [0, 0.05) is 13.1 Å². The SMILES string of the molecule is O=C(Cc1ccccc1F)Nc1cc(S(=O)(=O)N2CCCC2)ccc1O. The number of anilines is 1. The second kappa shape index (κ2) is 7.43. The summed E-state index contributed by atoms with van der Waals surface area (Å²) in [5.74, 6) is -1.31. The molecule has 1 saturated heterocycles. The van der Waals surface area contributed by atoms with E-state index in [4.69, 9.17) is 0 Å². The van der Waals surface area contributed by atoms with Crippen LogP contribution in [-0.2, 0) is 21.2 Å². The Morgan fingerprint density at radius 2 is 1.85 bits per heavy atom. The first-order chi connectivity index (χ1) is 12.4. The Bertz CT molecular complexity index is 925. The van der Waals surface area contributed by atoms with E-state index in [0.29, 0.717) is 13.1 Å². The van der Waals surface area contributed by atoms with Crippen molar-refractivity contribution in [3.63, 3.8) is 0 Å². The molecule has 1 aliphatic rings. The zero-order chi connectivity index (χ0) is 18.7. The number of halogens is 1. The Hall–Kier alpha value is -2.45. The van der Waals surface area contributed by atoms with Crippen LogP contribution < -0.4 is 5.32 Å². The van der Waals surface area contributed by atoms with Crippen molar-refractivity contribution >= 4 is 21.6 Å². The second-order valence-electron chi connectivity index (χ2n) is 6.11. The lowest BCUT2D eigenvalue weighted by molar-refractivity contribution is -0.115. The van der Waals surface area contributed by atoms with E-state index in [-0.39, 0.29) is 28.3 Å². The Labute approximate surface area is 151 Å². The van der Waals surface area contributed by atoms with Gasteiger partial charge in [0.2, 0.25) is 15.9 Å². The summed E-state index contributed by atoms with van der Waals surface area (Å²) < 4.78 is 40.2. The van der Waals surface area contributed by atoms with Gasteiger partial charge in [-0.3, -0.25) is 4.79 Å². The maximum absolute atomic E-state index is 13.6. The van der Waals surface area contributed by atoms with Crippen LogP contribution in [0.5, 0.6) is 5.75 Å². The van der Waals surface area contributed by atoms with Crippen molar-refractivity contribution in [3.05, 3.63) is 53.8 Å². The summed E-state index contributed by atoms with van der Waals surface area (Å²) in [5.41, 5.74) is 0.192. The van der Waals surface area contributed by atoms with Crippen LogP contribution in [0.3, 0.4) is 0 Å². The summed E-state index contributed by atoms with van der Waals surface area (Å²) in [7, 11) is -3.67. The molecule has 1 aliphatic heterocycles. The molecule has 0 unspecified atom stereocenters. The number of rotatable bonds is 5. The third kappa shape index (κ3) is 3.86. The predicted octanol–water partition coefficient (Wildman–Crippen LogP) is 2.50. The van der Waals surface area contributed by atoms with E-state index in [0.717, 1.165) is 12.8 Å². The number of benzene rings is 2. The summed E-state index contributed by atoms with van der Waals surface area (Å²) >= 11 is 0. The van der Waals surface area contributed by atoms with Gasteiger partial charge < -0.3 is 10.4 Å². The van der Waals surface area contributed by atoms with Crippen LogP contribution in [0, 0.1) is 5.82 Å². The van der Waals surface area contributed by atoms with Gasteiger partial charge >= 0.3 is 0 Å². The highest BCUT2D eigenvalue weighted by Gasteiger charge is 2.27. The number of hydrogen-bond donors (Lipinski definition) is 2. The molecular formula is C18H19FN2O4S. The van der Waals surface area contributed by atoms with Crippen molar-refractivity contribution in [1.82, 2.24) is 4.31 Å². The summed E-state index contributed by atoms with van der Waals surface area (Å²) in [6.45, 7) is 0.913. The van der Waals surface area contributed by atoms with Crippen LogP contribution in [0.4, 0.5) is 10.1 Å². The Morgan fingerprint density at radius 3 is 2.54 bits per heavy atom. The minimum absolute atomic E-state index is 0.00149. The number of hydrogen-bond acceptors (Lipinski definition) is 4. The van der Waals surface area contributed by atoms with Gasteiger partial charge in [-0.1, -0.05) is 18.2 Å². The lowest BCUT2D eigenvalue weighted by Crippen LogP contribution is -2.28. The van der Waals surface area contributed by atoms with Crippen LogP contribution in [0.2, 0.25) is 0 Å². The molecule has 0 radical (unpaired) electrons. The molecule has 0 aromatic heterocycles. The fraction of sp³-hybridized carbons (Fsp3) is 0.278. The molecule has 2 aromatic rings. The second-order valence-corrected chi connectivity index (χ2v) is 8.04. The summed E-state index contributed by atoms with van der Waals surface area (Å²) in [4.78, 5) is 12.2. The molecule has 0 bridgehead atoms. The van der Waals surface area contributed by atoms with Crippen molar-refractivity contribution in [1.29, 1.82) is 0 Å². The van der Waals surface area contributed by atoms with Crippen LogP contribution >= 0.6 is 0 Å². The van der Waals surface area contributed by atoms with E-state index in [1.807, 2.05) is 0 Å². The van der Waals surface area contributed by atoms with Gasteiger partial charge in [-0.15, -0.1) is 0 Å². The number of phenolic OH excluding ortho intramolecular Hbond substituents is 1. The molecule has 0 atom stereocenters. The van der Waals surface area contributed by atoms with Gasteiger partial charge in [-0.25, -0.2) is 12.8 Å². The molecule has 3 rings (SSSR count). The van der Waals surface area contributed by atoms with Crippen molar-refractivity contribution in [3.8, 4) is 5.75 Å². The molecule has 26 heavy (non-hydrogen) atoms. The first kappa shape index (κ1) is 18.3. The third-order valence-electron chi connectivity index (χ3n) is 4.25. The summed E-state index contributed by atoms with van der Waals surface area (Å²) in [6, 6.07) is 9.63. The minimum Gasteiger partial charge on any atom is -0.506 e. The first-order valence-corrected chi connectivity index (χ1v) is 9.68. The zero-order valence-electron chi connectivity index (χ0n) is 14.0. The van der Waals surface area contributed by atoms with Crippen molar-refractivity contribution < 1.29 is 22.7 Å². The molecule has 1 fully saturated rings. The van der Waals surface area contributed by atoms with Crippen LogP contribution in [0.25, 0.3) is 0 Å². The Kier molecular flexibility index (Phi) is 5.24. The van der Waals surface area contributed by atoms with Gasteiger partial charge in [-0.05, 0) is 42.7 Å². The van der Waals surface area contributed by atoms with Crippen LogP contribution in [-0.4, -0.2) is 36.8 Å². The number of sulfonamides is 1. The quantitative estimate of drug-likeness (QED) is 0.783. The number of nitrogens with zero attached hydrogens (tertiary/aromatic N) is 1. The monoisotopic (exact) mass is 378 g/mol. The van der Waals surface area contributed by atoms with E-state index in [1.54, 1.807) is 6.07 Å². The van der Waals surface area contributed by atoms with Crippen molar-refractivity contribution in [2.45, 2.75) is 24.2 Å². The fourth-order valence-electron chi connectivity index (χ4n) is 2.86. The number of amides is 1. The first-order valence-electron chi connectivity index (χ1n) is 8.24. The molecule has 2 aromatic carbocycles. The van der Waals surface area contributed by atoms with E-state index in [9.17, 15) is 22.7 Å². The molecule has 0 saturated carbocycles. The van der Waals surface area contributed by atoms with Crippen LogP contribution in [0.15, 0.2) is 47.4 Å². The van der Waals surface area contributed by atoms with E-state index in [2.05, 4.69) is 5.32 Å². The van der Waals surface area contributed by atoms with Gasteiger partial charge in [0.05, 0.1) is 17.0 Å². The molecule has 138 valence electrons. The van der Waals surface area contributed by atoms with Gasteiger partial charge in [0.25, 0.3) is 0 Å². The fourth-order valence-corrected chi connectivity index (χ4v) is 4.41. The maximum Gasteiger partial charge on any atom is 0.243 e. The number of nitrogens with one attached hydrogen (secondary N) is 1. The average Bonchev–Trinajstić information content (AvgIpc) is 3.14. The number of phenols is 1. The molecule has 6 nitrogen and oxygen atoms in total. The minimum atomic E-state index is -3.67. The summed E-state index contributed by atoms with van der Waals surface area (Å²) in [5, 5.41) is 12.4. The molecule has 1 heterocycles. The highest BCUT2D eigenvalue weighted by Crippen LogP contribution is 2.29. The predicted molar refractivity (Wildman–Crippen MR) is 94.8 cm³/mol. The Balaban J connectivity index is 1.80. The Morgan fingerprint density at radius 1 is 1.15 bits per heavy atom. The van der Waals surface area contributed by atoms with Crippen molar-refractivity contribution in [2.75, 3.05) is 18.4 Å². The summed E-state index contributed by atoms with van der Waals surface area (Å²) in [6.07, 6.45) is 1.39. The largest absolute Gasteiger partial charge is 0.506 e. The number of aromatic hydroxyl groups is 1. The van der Waals surface area contributed by atoms with Gasteiger partial charge in [-0.2, -0.15) is 4.31 Å². The van der Waals surface area contributed by atoms with Crippen LogP contribution in [0.1, 0.15) is 18.4 Å². The van der Waals surface area contributed by atoms with E-state index >= 15 is 0 Å². The zero-order valence-corrected chi connectivity index (χ0v) is 14.8. The highest BCUT2D eigenvalue weighted by molar-refractivity contribution is 7.89. The number of carbonyl (C=O) groups is 1. The average molecular weight is 378 g/mol. The van der Waals surface area contributed by atoms with Gasteiger partial charge in [0.1, 0.15) is 11.6 Å². The molecular weight excluding hydrogens is 359 g/mol. The standard InChI is InChI=1S/C18H19FN2O4S/c19-15-6-2-1-5-13(15)11-18(23)20-16-12-14(7-8-17(16)22)26(24,25)21-9-3-4-10-21/h1-2,5-8,12,22H,3-4,9-11H2,(H,20,23). The van der Waals surface area contributed by atoms with Gasteiger partial charge in [0.15, 0.2) is 0 Å². The highest BCUT2D eigenvalue weighted by atomic mass is 32.2. The third-order valence-corrected chi connectivity index (χ3v) is 6.15. The number of carbonyl (C=O) groups excluding carboxylic acids is 1.